The second-order valence-corrected chi connectivity index (χ2v) is 11.8. The first kappa shape index (κ1) is 28.1. The molecule has 0 saturated heterocycles. The summed E-state index contributed by atoms with van der Waals surface area (Å²) in [6.07, 6.45) is 0.715. The number of nitrogens with one attached hydrogen (secondary N) is 1. The van der Waals surface area contributed by atoms with E-state index in [9.17, 15) is 17.2 Å². The highest BCUT2D eigenvalue weighted by molar-refractivity contribution is 7.85. The van der Waals surface area contributed by atoms with Gasteiger partial charge in [-0.15, -0.1) is 0 Å². The molecule has 2 aromatic carbocycles. The lowest BCUT2D eigenvalue weighted by atomic mass is 9.97. The normalized spacial score (nSPS) is 11.9. The molecule has 0 amide bonds. The molecule has 0 atom stereocenters. The Kier molecular flexibility index (Phi) is 7.67. The van der Waals surface area contributed by atoms with Gasteiger partial charge in [0.2, 0.25) is 0 Å². The van der Waals surface area contributed by atoms with Crippen molar-refractivity contribution in [1.29, 1.82) is 0 Å². The predicted octanol–water partition coefficient (Wildman–Crippen LogP) is 6.29. The molecule has 0 aliphatic rings. The number of H-pyrrole nitrogens is 1. The first-order valence-corrected chi connectivity index (χ1v) is 13.9. The number of imidazole rings is 2. The quantitative estimate of drug-likeness (QED) is 0.253. The lowest BCUT2D eigenvalue weighted by Crippen LogP contribution is -2.16. The van der Waals surface area contributed by atoms with Gasteiger partial charge in [0.15, 0.2) is 5.65 Å². The molecule has 39 heavy (non-hydrogen) atoms. The molecule has 0 fully saturated rings. The molecule has 0 aliphatic heterocycles. The second kappa shape index (κ2) is 10.7. The smallest absolute Gasteiger partial charge is 0.261 e. The topological polar surface area (TPSA) is 114 Å². The molecule has 3 aromatic heterocycles. The highest BCUT2D eigenvalue weighted by Crippen LogP contribution is 2.35. The summed E-state index contributed by atoms with van der Waals surface area (Å²) in [5.41, 5.74) is 4.00. The fourth-order valence-corrected chi connectivity index (χ4v) is 4.12. The van der Waals surface area contributed by atoms with Crippen molar-refractivity contribution >= 4 is 21.3 Å². The molecule has 5 aromatic rings. The summed E-state index contributed by atoms with van der Waals surface area (Å²) in [5.74, 6) is -0.355. The minimum Gasteiger partial charge on any atom is -0.336 e. The molecule has 0 saturated carbocycles. The van der Waals surface area contributed by atoms with Crippen molar-refractivity contribution in [3.8, 4) is 34.0 Å². The van der Waals surface area contributed by atoms with Crippen LogP contribution in [0.25, 0.3) is 45.2 Å². The summed E-state index contributed by atoms with van der Waals surface area (Å²) in [7, 11) is -3.67. The third kappa shape index (κ3) is 6.73. The van der Waals surface area contributed by atoms with E-state index < -0.39 is 21.8 Å². The molecule has 11 heteroatoms. The molecule has 3 heterocycles. The Bertz CT molecular complexity index is 1710. The molecule has 5 rings (SSSR count). The standard InChI is InChI=1S/C27H25F2N5.CH4O3S/c1-16-30-21-14-13-20(31-26(21)34(16)15-27(2,3)4)24-23(17-9-6-5-7-10-17)32-25(33-24)22-18(28)11-8-12-19(22)29;1-5(2,3)4/h5-14H,15H2,1-4H3,(H,32,33);1H3,(H,2,3,4). The molecule has 0 unspecified atom stereocenters. The number of aryl methyl sites for hydroxylation is 1. The van der Waals surface area contributed by atoms with Crippen molar-refractivity contribution in [2.24, 2.45) is 5.41 Å². The van der Waals surface area contributed by atoms with Crippen LogP contribution in [0.15, 0.2) is 60.7 Å². The molecule has 8 nitrogen and oxygen atoms in total. The van der Waals surface area contributed by atoms with E-state index in [2.05, 4.69) is 40.3 Å². The number of hydrogen-bond acceptors (Lipinski definition) is 5. The van der Waals surface area contributed by atoms with Crippen LogP contribution in [0.1, 0.15) is 26.6 Å². The number of aromatic amines is 1. The van der Waals surface area contributed by atoms with Gasteiger partial charge < -0.3 is 9.55 Å². The van der Waals surface area contributed by atoms with Crippen molar-refractivity contribution in [1.82, 2.24) is 24.5 Å². The summed E-state index contributed by atoms with van der Waals surface area (Å²) >= 11 is 0. The Labute approximate surface area is 225 Å². The van der Waals surface area contributed by atoms with Crippen LogP contribution in [0.4, 0.5) is 8.78 Å². The van der Waals surface area contributed by atoms with Gasteiger partial charge in [-0.1, -0.05) is 57.2 Å². The Morgan fingerprint density at radius 2 is 1.54 bits per heavy atom. The molecular weight excluding hydrogens is 524 g/mol. The maximum Gasteiger partial charge on any atom is 0.261 e. The van der Waals surface area contributed by atoms with E-state index >= 15 is 0 Å². The zero-order chi connectivity index (χ0) is 28.5. The Hall–Kier alpha value is -3.96. The maximum atomic E-state index is 14.6. The van der Waals surface area contributed by atoms with E-state index in [1.54, 1.807) is 0 Å². The minimum atomic E-state index is -3.67. The van der Waals surface area contributed by atoms with E-state index in [0.29, 0.717) is 23.3 Å². The molecular formula is C28H29F2N5O3S. The van der Waals surface area contributed by atoms with Crippen molar-refractivity contribution in [3.05, 3.63) is 78.1 Å². The fraction of sp³-hybridized carbons (Fsp3) is 0.250. The summed E-state index contributed by atoms with van der Waals surface area (Å²) in [6, 6.07) is 17.1. The van der Waals surface area contributed by atoms with E-state index in [-0.39, 0.29) is 16.8 Å². The van der Waals surface area contributed by atoms with Gasteiger partial charge in [0.1, 0.15) is 28.8 Å². The zero-order valence-corrected chi connectivity index (χ0v) is 23.0. The van der Waals surface area contributed by atoms with Gasteiger partial charge in [0, 0.05) is 12.1 Å². The van der Waals surface area contributed by atoms with Crippen LogP contribution < -0.4 is 0 Å². The number of nitrogens with zero attached hydrogens (tertiary/aromatic N) is 4. The van der Waals surface area contributed by atoms with Crippen LogP contribution >= 0.6 is 0 Å². The predicted molar refractivity (Wildman–Crippen MR) is 148 cm³/mol. The number of halogens is 2. The molecule has 0 aliphatic carbocycles. The SMILES string of the molecule is CS(=O)(=O)O.Cc1nc2ccc(-c3[nH]c(-c4c(F)cccc4F)nc3-c3ccccc3)nc2n1CC(C)(C)C. The zero-order valence-electron chi connectivity index (χ0n) is 22.2. The lowest BCUT2D eigenvalue weighted by Gasteiger charge is -2.20. The molecule has 2 N–H and O–H groups in total. The summed E-state index contributed by atoms with van der Waals surface area (Å²) in [6.45, 7) is 9.23. The van der Waals surface area contributed by atoms with Crippen molar-refractivity contribution in [3.63, 3.8) is 0 Å². The van der Waals surface area contributed by atoms with E-state index in [0.717, 1.165) is 29.1 Å². The molecule has 0 radical (unpaired) electrons. The number of pyridine rings is 1. The number of hydrogen-bond donors (Lipinski definition) is 2. The second-order valence-electron chi connectivity index (χ2n) is 10.3. The van der Waals surface area contributed by atoms with Crippen LogP contribution in [0.3, 0.4) is 0 Å². The summed E-state index contributed by atoms with van der Waals surface area (Å²) in [4.78, 5) is 17.4. The van der Waals surface area contributed by atoms with Crippen LogP contribution in [-0.4, -0.2) is 43.7 Å². The fourth-order valence-electron chi connectivity index (χ4n) is 4.12. The number of rotatable bonds is 4. The van der Waals surface area contributed by atoms with E-state index in [1.807, 2.05) is 49.4 Å². The van der Waals surface area contributed by atoms with Crippen LogP contribution in [0, 0.1) is 24.0 Å². The first-order chi connectivity index (χ1) is 18.2. The van der Waals surface area contributed by atoms with Gasteiger partial charge in [-0.2, -0.15) is 8.42 Å². The van der Waals surface area contributed by atoms with E-state index in [1.165, 1.54) is 18.2 Å². The Morgan fingerprint density at radius 3 is 2.13 bits per heavy atom. The molecule has 0 bridgehead atoms. The van der Waals surface area contributed by atoms with Crippen molar-refractivity contribution in [2.45, 2.75) is 34.2 Å². The molecule has 204 valence electrons. The lowest BCUT2D eigenvalue weighted by molar-refractivity contribution is 0.344. The van der Waals surface area contributed by atoms with Crippen LogP contribution in [-0.2, 0) is 16.7 Å². The van der Waals surface area contributed by atoms with Gasteiger partial charge in [-0.05, 0) is 36.6 Å². The Morgan fingerprint density at radius 1 is 0.923 bits per heavy atom. The van der Waals surface area contributed by atoms with Gasteiger partial charge in [0.05, 0.1) is 28.9 Å². The average Bonchev–Trinajstić information content (AvgIpc) is 3.39. The van der Waals surface area contributed by atoms with Gasteiger partial charge in [-0.3, -0.25) is 4.55 Å². The van der Waals surface area contributed by atoms with Gasteiger partial charge >= 0.3 is 0 Å². The van der Waals surface area contributed by atoms with Gasteiger partial charge in [0.25, 0.3) is 10.1 Å². The van der Waals surface area contributed by atoms with Crippen molar-refractivity contribution in [2.75, 3.05) is 6.26 Å². The number of fused-ring (bicyclic) bond motifs is 1. The maximum absolute atomic E-state index is 14.6. The first-order valence-electron chi connectivity index (χ1n) is 12.1. The Balaban J connectivity index is 0.000000648. The third-order valence-corrected chi connectivity index (χ3v) is 5.62. The largest absolute Gasteiger partial charge is 0.336 e. The van der Waals surface area contributed by atoms with Crippen LogP contribution in [0.2, 0.25) is 0 Å². The third-order valence-electron chi connectivity index (χ3n) is 5.62. The number of benzene rings is 2. The monoisotopic (exact) mass is 553 g/mol. The molecule has 0 spiro atoms. The highest BCUT2D eigenvalue weighted by atomic mass is 32.2. The minimum absolute atomic E-state index is 0.0365. The number of aromatic nitrogens is 5. The van der Waals surface area contributed by atoms with Crippen LogP contribution in [0.5, 0.6) is 0 Å². The summed E-state index contributed by atoms with van der Waals surface area (Å²) in [5, 5.41) is 0. The average molecular weight is 554 g/mol. The highest BCUT2D eigenvalue weighted by Gasteiger charge is 2.22. The summed E-state index contributed by atoms with van der Waals surface area (Å²) < 4.78 is 57.1. The van der Waals surface area contributed by atoms with Gasteiger partial charge in [-0.25, -0.2) is 23.7 Å². The van der Waals surface area contributed by atoms with Crippen molar-refractivity contribution < 1.29 is 21.8 Å². The van der Waals surface area contributed by atoms with E-state index in [4.69, 9.17) is 9.54 Å².